The second-order valence-electron chi connectivity index (χ2n) is 6.96. The quantitative estimate of drug-likeness (QED) is 0.881. The third-order valence-corrected chi connectivity index (χ3v) is 5.57. The first-order valence-corrected chi connectivity index (χ1v) is 8.81. The predicted octanol–water partition coefficient (Wildman–Crippen LogP) is 3.06. The summed E-state index contributed by atoms with van der Waals surface area (Å²) in [6.07, 6.45) is 5.71. The average molecular weight is 386 g/mol. The summed E-state index contributed by atoms with van der Waals surface area (Å²) in [7, 11) is 0. The first-order valence-electron chi connectivity index (χ1n) is 8.43. The van der Waals surface area contributed by atoms with Crippen LogP contribution in [-0.4, -0.2) is 46.1 Å². The third kappa shape index (κ3) is 3.97. The van der Waals surface area contributed by atoms with Gasteiger partial charge >= 0.3 is 0 Å². The Morgan fingerprint density at radius 1 is 1.24 bits per heavy atom. The Balaban J connectivity index is 0.00000182. The minimum atomic E-state index is -0.426. The van der Waals surface area contributed by atoms with Gasteiger partial charge in [-0.25, -0.2) is 9.07 Å². The molecule has 2 fully saturated rings. The summed E-state index contributed by atoms with van der Waals surface area (Å²) in [5, 5.41) is 12.0. The van der Waals surface area contributed by atoms with Gasteiger partial charge in [-0.3, -0.25) is 4.90 Å². The molecule has 0 saturated carbocycles. The van der Waals surface area contributed by atoms with Crippen LogP contribution in [0, 0.1) is 11.2 Å². The molecule has 0 atom stereocenters. The Bertz CT molecular complexity index is 730. The molecule has 1 aromatic heterocycles. The highest BCUT2D eigenvalue weighted by atomic mass is 35.5. The molecule has 136 valence electrons. The first-order chi connectivity index (χ1) is 11.6. The molecule has 0 bridgehead atoms. The third-order valence-electron chi connectivity index (χ3n) is 5.28. The number of nitrogens with zero attached hydrogens (tertiary/aromatic N) is 4. The van der Waals surface area contributed by atoms with Gasteiger partial charge in [-0.1, -0.05) is 16.8 Å². The number of piperidine rings is 1. The topological polar surface area (TPSA) is 46.0 Å². The van der Waals surface area contributed by atoms with Crippen LogP contribution >= 0.6 is 24.0 Å². The minimum Gasteiger partial charge on any atom is -0.317 e. The summed E-state index contributed by atoms with van der Waals surface area (Å²) in [5.74, 6) is -0.426. The number of benzene rings is 1. The lowest BCUT2D eigenvalue weighted by Gasteiger charge is -2.33. The molecule has 0 aliphatic carbocycles. The molecule has 4 rings (SSSR count). The molecule has 2 saturated heterocycles. The number of rotatable bonds is 3. The molecular weight excluding hydrogens is 364 g/mol. The van der Waals surface area contributed by atoms with Gasteiger partial charge in [0.15, 0.2) is 0 Å². The highest BCUT2D eigenvalue weighted by molar-refractivity contribution is 6.30. The molecule has 3 heterocycles. The fourth-order valence-electron chi connectivity index (χ4n) is 3.88. The van der Waals surface area contributed by atoms with Crippen molar-refractivity contribution in [3.8, 4) is 5.69 Å². The summed E-state index contributed by atoms with van der Waals surface area (Å²) < 4.78 is 14.9. The highest BCUT2D eigenvalue weighted by Gasteiger charge is 2.38. The fraction of sp³-hybridized carbons (Fsp3) is 0.529. The van der Waals surface area contributed by atoms with Gasteiger partial charge in [-0.2, -0.15) is 0 Å². The SMILES string of the molecule is Cl.Fc1ccc(-n2cc(CN3CCC4(CCNCC4)C3)nn2)cc1Cl. The molecule has 2 aliphatic rings. The molecule has 1 aromatic carbocycles. The number of halogens is 3. The Morgan fingerprint density at radius 3 is 2.80 bits per heavy atom. The van der Waals surface area contributed by atoms with E-state index in [1.54, 1.807) is 16.8 Å². The number of nitrogens with one attached hydrogen (secondary N) is 1. The fourth-order valence-corrected chi connectivity index (χ4v) is 4.06. The van der Waals surface area contributed by atoms with Crippen LogP contribution in [0.2, 0.25) is 5.02 Å². The van der Waals surface area contributed by atoms with Crippen LogP contribution in [0.1, 0.15) is 25.0 Å². The molecule has 0 unspecified atom stereocenters. The van der Waals surface area contributed by atoms with Gasteiger partial charge in [0.05, 0.1) is 22.6 Å². The lowest BCUT2D eigenvalue weighted by Crippen LogP contribution is -2.38. The van der Waals surface area contributed by atoms with E-state index in [1.807, 2.05) is 6.20 Å². The standard InChI is InChI=1S/C17H21ClFN5.ClH/c18-15-9-14(1-2-16(15)19)24-11-13(21-22-24)10-23-8-5-17(12-23)3-6-20-7-4-17;/h1-2,9,11,20H,3-8,10,12H2;1H. The molecule has 1 N–H and O–H groups in total. The molecule has 0 radical (unpaired) electrons. The average Bonchev–Trinajstić information content (AvgIpc) is 3.19. The van der Waals surface area contributed by atoms with Crippen LogP contribution in [0.15, 0.2) is 24.4 Å². The number of hydrogen-bond acceptors (Lipinski definition) is 4. The normalized spacial score (nSPS) is 19.9. The van der Waals surface area contributed by atoms with E-state index in [0.29, 0.717) is 5.41 Å². The molecule has 1 spiro atoms. The Labute approximate surface area is 157 Å². The van der Waals surface area contributed by atoms with Crippen molar-refractivity contribution in [2.75, 3.05) is 26.2 Å². The van der Waals surface area contributed by atoms with Gasteiger partial charge < -0.3 is 5.32 Å². The molecule has 2 aromatic rings. The summed E-state index contributed by atoms with van der Waals surface area (Å²) in [4.78, 5) is 2.47. The van der Waals surface area contributed by atoms with Crippen molar-refractivity contribution in [3.05, 3.63) is 40.9 Å². The summed E-state index contributed by atoms with van der Waals surface area (Å²) >= 11 is 5.84. The van der Waals surface area contributed by atoms with E-state index in [0.717, 1.165) is 44.1 Å². The maximum Gasteiger partial charge on any atom is 0.141 e. The van der Waals surface area contributed by atoms with Crippen molar-refractivity contribution in [1.82, 2.24) is 25.2 Å². The van der Waals surface area contributed by atoms with Crippen LogP contribution in [0.5, 0.6) is 0 Å². The molecule has 0 amide bonds. The monoisotopic (exact) mass is 385 g/mol. The Morgan fingerprint density at radius 2 is 2.04 bits per heavy atom. The lowest BCUT2D eigenvalue weighted by molar-refractivity contribution is 0.193. The molecule has 25 heavy (non-hydrogen) atoms. The van der Waals surface area contributed by atoms with E-state index in [-0.39, 0.29) is 17.4 Å². The second-order valence-corrected chi connectivity index (χ2v) is 7.37. The van der Waals surface area contributed by atoms with Gasteiger partial charge in [-0.15, -0.1) is 17.5 Å². The van der Waals surface area contributed by atoms with E-state index in [4.69, 9.17) is 11.6 Å². The van der Waals surface area contributed by atoms with Crippen molar-refractivity contribution in [2.24, 2.45) is 5.41 Å². The van der Waals surface area contributed by atoms with Gasteiger partial charge in [0.2, 0.25) is 0 Å². The number of hydrogen-bond donors (Lipinski definition) is 1. The van der Waals surface area contributed by atoms with E-state index in [1.165, 1.54) is 25.3 Å². The minimum absolute atomic E-state index is 0. The second kappa shape index (κ2) is 7.58. The Hall–Kier alpha value is -1.21. The van der Waals surface area contributed by atoms with Gasteiger partial charge in [0, 0.05) is 13.1 Å². The zero-order chi connectivity index (χ0) is 16.6. The Kier molecular flexibility index (Phi) is 5.63. The van der Waals surface area contributed by atoms with Crippen LogP contribution in [0.3, 0.4) is 0 Å². The summed E-state index contributed by atoms with van der Waals surface area (Å²) in [6, 6.07) is 4.56. The van der Waals surface area contributed by atoms with Crippen molar-refractivity contribution in [3.63, 3.8) is 0 Å². The predicted molar refractivity (Wildman–Crippen MR) is 98.0 cm³/mol. The summed E-state index contributed by atoms with van der Waals surface area (Å²) in [6.45, 7) is 5.34. The van der Waals surface area contributed by atoms with Gasteiger partial charge in [0.25, 0.3) is 0 Å². The maximum atomic E-state index is 13.3. The van der Waals surface area contributed by atoms with Crippen molar-refractivity contribution < 1.29 is 4.39 Å². The molecule has 5 nitrogen and oxygen atoms in total. The lowest BCUT2D eigenvalue weighted by atomic mass is 9.78. The maximum absolute atomic E-state index is 13.3. The van der Waals surface area contributed by atoms with Gasteiger partial charge in [-0.05, 0) is 62.5 Å². The smallest absolute Gasteiger partial charge is 0.141 e. The van der Waals surface area contributed by atoms with Crippen LogP contribution < -0.4 is 5.32 Å². The van der Waals surface area contributed by atoms with Crippen molar-refractivity contribution >= 4 is 24.0 Å². The van der Waals surface area contributed by atoms with E-state index in [9.17, 15) is 4.39 Å². The van der Waals surface area contributed by atoms with E-state index < -0.39 is 5.82 Å². The largest absolute Gasteiger partial charge is 0.317 e. The van der Waals surface area contributed by atoms with E-state index >= 15 is 0 Å². The zero-order valence-electron chi connectivity index (χ0n) is 13.9. The van der Waals surface area contributed by atoms with E-state index in [2.05, 4.69) is 20.5 Å². The van der Waals surface area contributed by atoms with Crippen LogP contribution in [0.25, 0.3) is 5.69 Å². The molecule has 2 aliphatic heterocycles. The zero-order valence-corrected chi connectivity index (χ0v) is 15.5. The van der Waals surface area contributed by atoms with Crippen LogP contribution in [-0.2, 0) is 6.54 Å². The van der Waals surface area contributed by atoms with Gasteiger partial charge in [0.1, 0.15) is 5.82 Å². The molecule has 8 heteroatoms. The highest BCUT2D eigenvalue weighted by Crippen LogP contribution is 2.38. The van der Waals surface area contributed by atoms with Crippen molar-refractivity contribution in [1.29, 1.82) is 0 Å². The number of likely N-dealkylation sites (tertiary alicyclic amines) is 1. The first kappa shape index (κ1) is 18.6. The number of aromatic nitrogens is 3. The van der Waals surface area contributed by atoms with Crippen LogP contribution in [0.4, 0.5) is 4.39 Å². The summed E-state index contributed by atoms with van der Waals surface area (Å²) in [5.41, 5.74) is 2.14. The molecular formula is C17H22Cl2FN5. The van der Waals surface area contributed by atoms with Crippen molar-refractivity contribution in [2.45, 2.75) is 25.8 Å².